The molecule has 138 valence electrons. The van der Waals surface area contributed by atoms with E-state index in [1.807, 2.05) is 30.0 Å². The molecule has 0 saturated heterocycles. The number of benzene rings is 2. The van der Waals surface area contributed by atoms with Crippen molar-refractivity contribution in [1.29, 1.82) is 0 Å². The van der Waals surface area contributed by atoms with Gasteiger partial charge in [-0.1, -0.05) is 30.3 Å². The monoisotopic (exact) mass is 364 g/mol. The van der Waals surface area contributed by atoms with Crippen LogP contribution in [0.4, 0.5) is 16.0 Å². The van der Waals surface area contributed by atoms with Gasteiger partial charge in [-0.2, -0.15) is 0 Å². The molecule has 0 bridgehead atoms. The molecule has 0 saturated carbocycles. The summed E-state index contributed by atoms with van der Waals surface area (Å²) >= 11 is 0. The highest BCUT2D eigenvalue weighted by Crippen LogP contribution is 2.28. The van der Waals surface area contributed by atoms with Gasteiger partial charge in [0.05, 0.1) is 13.3 Å². The Morgan fingerprint density at radius 3 is 2.41 bits per heavy atom. The molecular formula is C21H21FN4O. The van der Waals surface area contributed by atoms with Gasteiger partial charge in [0.25, 0.3) is 5.56 Å². The summed E-state index contributed by atoms with van der Waals surface area (Å²) < 4.78 is 15.1. The van der Waals surface area contributed by atoms with Crippen molar-refractivity contribution in [1.82, 2.24) is 14.5 Å². The summed E-state index contributed by atoms with van der Waals surface area (Å²) in [6.07, 6.45) is 0. The number of aromatic nitrogens is 2. The minimum absolute atomic E-state index is 0.0395. The number of aryl methyl sites for hydroxylation is 1. The Kier molecular flexibility index (Phi) is 4.49. The van der Waals surface area contributed by atoms with Crippen LogP contribution in [0.25, 0.3) is 0 Å². The molecule has 0 spiro atoms. The third kappa shape index (κ3) is 3.36. The SMILES string of the molecule is Cc1nc2n(c(=O)c1C)CN(Cc1ccccc1)CN2c1ccc(F)cc1. The molecule has 0 unspecified atom stereocenters. The molecular weight excluding hydrogens is 343 g/mol. The van der Waals surface area contributed by atoms with Gasteiger partial charge in [0.1, 0.15) is 5.82 Å². The molecule has 6 heteroatoms. The van der Waals surface area contributed by atoms with Crippen LogP contribution in [0.2, 0.25) is 0 Å². The highest BCUT2D eigenvalue weighted by atomic mass is 19.1. The molecule has 5 nitrogen and oxygen atoms in total. The zero-order valence-corrected chi connectivity index (χ0v) is 15.4. The van der Waals surface area contributed by atoms with Crippen molar-refractivity contribution < 1.29 is 4.39 Å². The van der Waals surface area contributed by atoms with Gasteiger partial charge in [-0.05, 0) is 43.7 Å². The van der Waals surface area contributed by atoms with E-state index in [1.165, 1.54) is 17.7 Å². The normalized spacial score (nSPS) is 14.3. The largest absolute Gasteiger partial charge is 0.298 e. The first-order valence-corrected chi connectivity index (χ1v) is 8.90. The summed E-state index contributed by atoms with van der Waals surface area (Å²) in [4.78, 5) is 21.7. The van der Waals surface area contributed by atoms with Crippen molar-refractivity contribution in [3.05, 3.63) is 87.6 Å². The van der Waals surface area contributed by atoms with E-state index in [1.54, 1.807) is 23.6 Å². The fraction of sp³-hybridized carbons (Fsp3) is 0.238. The third-order valence-electron chi connectivity index (χ3n) is 4.93. The smallest absolute Gasteiger partial charge is 0.259 e. The van der Waals surface area contributed by atoms with Crippen molar-refractivity contribution in [2.24, 2.45) is 0 Å². The number of halogens is 1. The van der Waals surface area contributed by atoms with Crippen LogP contribution in [0, 0.1) is 19.7 Å². The summed E-state index contributed by atoms with van der Waals surface area (Å²) in [5, 5.41) is 0. The molecule has 0 N–H and O–H groups in total. The van der Waals surface area contributed by atoms with Crippen molar-refractivity contribution in [3.8, 4) is 0 Å². The van der Waals surface area contributed by atoms with Gasteiger partial charge in [0, 0.05) is 23.5 Å². The standard InChI is InChI=1S/C21H21FN4O/c1-15-16(2)23-21-25(19-10-8-18(22)9-11-19)13-24(14-26(21)20(15)27)12-17-6-4-3-5-7-17/h3-11H,12-14H2,1-2H3. The highest BCUT2D eigenvalue weighted by Gasteiger charge is 2.27. The van der Waals surface area contributed by atoms with Crippen LogP contribution < -0.4 is 10.5 Å². The van der Waals surface area contributed by atoms with Gasteiger partial charge in [0.2, 0.25) is 5.95 Å². The molecule has 0 radical (unpaired) electrons. The van der Waals surface area contributed by atoms with E-state index in [0.29, 0.717) is 31.4 Å². The maximum atomic E-state index is 13.4. The maximum absolute atomic E-state index is 13.4. The molecule has 2 heterocycles. The molecule has 1 aliphatic rings. The Balaban J connectivity index is 1.78. The van der Waals surface area contributed by atoms with E-state index < -0.39 is 0 Å². The molecule has 27 heavy (non-hydrogen) atoms. The van der Waals surface area contributed by atoms with E-state index in [9.17, 15) is 9.18 Å². The van der Waals surface area contributed by atoms with Crippen LogP contribution in [-0.4, -0.2) is 21.1 Å². The number of nitrogens with zero attached hydrogens (tertiary/aromatic N) is 4. The van der Waals surface area contributed by atoms with Crippen molar-refractivity contribution in [2.75, 3.05) is 11.6 Å². The quantitative estimate of drug-likeness (QED) is 0.713. The van der Waals surface area contributed by atoms with Crippen LogP contribution in [0.1, 0.15) is 16.8 Å². The predicted octanol–water partition coefficient (Wildman–Crippen LogP) is 3.57. The van der Waals surface area contributed by atoms with Gasteiger partial charge in [-0.3, -0.25) is 19.2 Å². The number of hydrogen-bond acceptors (Lipinski definition) is 4. The molecule has 0 amide bonds. The lowest BCUT2D eigenvalue weighted by Gasteiger charge is -2.38. The zero-order chi connectivity index (χ0) is 19.0. The summed E-state index contributed by atoms with van der Waals surface area (Å²) in [7, 11) is 0. The van der Waals surface area contributed by atoms with Crippen molar-refractivity contribution in [2.45, 2.75) is 27.1 Å². The molecule has 1 aliphatic heterocycles. The Morgan fingerprint density at radius 1 is 1.00 bits per heavy atom. The Hall–Kier alpha value is -2.99. The van der Waals surface area contributed by atoms with Crippen LogP contribution in [0.3, 0.4) is 0 Å². The fourth-order valence-electron chi connectivity index (χ4n) is 3.34. The molecule has 3 aromatic rings. The van der Waals surface area contributed by atoms with E-state index >= 15 is 0 Å². The molecule has 4 rings (SSSR count). The van der Waals surface area contributed by atoms with Gasteiger partial charge >= 0.3 is 0 Å². The predicted molar refractivity (Wildman–Crippen MR) is 103 cm³/mol. The van der Waals surface area contributed by atoms with E-state index in [4.69, 9.17) is 0 Å². The fourth-order valence-corrected chi connectivity index (χ4v) is 3.34. The van der Waals surface area contributed by atoms with Gasteiger partial charge in [-0.25, -0.2) is 9.37 Å². The molecule has 0 aliphatic carbocycles. The summed E-state index contributed by atoms with van der Waals surface area (Å²) in [6, 6.07) is 16.4. The minimum atomic E-state index is -0.290. The van der Waals surface area contributed by atoms with Gasteiger partial charge in [0.15, 0.2) is 0 Å². The van der Waals surface area contributed by atoms with E-state index in [-0.39, 0.29) is 11.4 Å². The van der Waals surface area contributed by atoms with Crippen LogP contribution in [0.15, 0.2) is 59.4 Å². The average Bonchev–Trinajstić information content (AvgIpc) is 2.68. The second-order valence-corrected chi connectivity index (χ2v) is 6.86. The Morgan fingerprint density at radius 2 is 1.70 bits per heavy atom. The number of fused-ring (bicyclic) bond motifs is 1. The lowest BCUT2D eigenvalue weighted by molar-refractivity contribution is 0.190. The molecule has 1 aromatic heterocycles. The summed E-state index contributed by atoms with van der Waals surface area (Å²) in [5.74, 6) is 0.307. The highest BCUT2D eigenvalue weighted by molar-refractivity contribution is 5.58. The Labute approximate surface area is 157 Å². The first kappa shape index (κ1) is 17.4. The summed E-state index contributed by atoms with van der Waals surface area (Å²) in [6.45, 7) is 5.38. The maximum Gasteiger partial charge on any atom is 0.259 e. The number of anilines is 2. The van der Waals surface area contributed by atoms with Crippen LogP contribution >= 0.6 is 0 Å². The number of rotatable bonds is 3. The van der Waals surface area contributed by atoms with Crippen LogP contribution in [-0.2, 0) is 13.2 Å². The van der Waals surface area contributed by atoms with Crippen molar-refractivity contribution in [3.63, 3.8) is 0 Å². The molecule has 0 fully saturated rings. The average molecular weight is 364 g/mol. The first-order valence-electron chi connectivity index (χ1n) is 8.90. The topological polar surface area (TPSA) is 41.4 Å². The Bertz CT molecular complexity index is 1010. The zero-order valence-electron chi connectivity index (χ0n) is 15.4. The van der Waals surface area contributed by atoms with Crippen molar-refractivity contribution >= 4 is 11.6 Å². The van der Waals surface area contributed by atoms with Gasteiger partial charge in [-0.15, -0.1) is 0 Å². The third-order valence-corrected chi connectivity index (χ3v) is 4.93. The van der Waals surface area contributed by atoms with E-state index in [0.717, 1.165) is 11.4 Å². The van der Waals surface area contributed by atoms with Crippen LogP contribution in [0.5, 0.6) is 0 Å². The second-order valence-electron chi connectivity index (χ2n) is 6.86. The van der Waals surface area contributed by atoms with E-state index in [2.05, 4.69) is 22.0 Å². The lowest BCUT2D eigenvalue weighted by atomic mass is 10.2. The lowest BCUT2D eigenvalue weighted by Crippen LogP contribution is -2.47. The molecule has 2 aromatic carbocycles. The first-order chi connectivity index (χ1) is 13.0. The summed E-state index contributed by atoms with van der Waals surface area (Å²) in [5.41, 5.74) is 3.31. The molecule has 0 atom stereocenters. The number of hydrogen-bond donors (Lipinski definition) is 0. The van der Waals surface area contributed by atoms with Gasteiger partial charge < -0.3 is 0 Å². The minimum Gasteiger partial charge on any atom is -0.298 e. The second kappa shape index (κ2) is 6.96.